The van der Waals surface area contributed by atoms with E-state index in [9.17, 15) is 0 Å². The SMILES string of the molecule is C=CCSCCCCCCCCCCCCCC. The fraction of sp³-hybridized carbons (Fsp3) is 0.882. The third-order valence-corrected chi connectivity index (χ3v) is 4.43. The van der Waals surface area contributed by atoms with Gasteiger partial charge in [0.05, 0.1) is 0 Å². The largest absolute Gasteiger partial charge is 0.158 e. The minimum atomic E-state index is 1.12. The summed E-state index contributed by atoms with van der Waals surface area (Å²) in [6, 6.07) is 0. The molecule has 1 heteroatoms. The van der Waals surface area contributed by atoms with Gasteiger partial charge in [-0.25, -0.2) is 0 Å². The zero-order valence-corrected chi connectivity index (χ0v) is 13.4. The normalized spacial score (nSPS) is 10.7. The van der Waals surface area contributed by atoms with E-state index in [1.165, 1.54) is 82.8 Å². The van der Waals surface area contributed by atoms with Gasteiger partial charge in [0, 0.05) is 5.75 Å². The van der Waals surface area contributed by atoms with E-state index in [4.69, 9.17) is 0 Å². The minimum Gasteiger partial charge on any atom is -0.158 e. The lowest BCUT2D eigenvalue weighted by Gasteiger charge is -2.02. The first-order valence-corrected chi connectivity index (χ1v) is 9.26. The van der Waals surface area contributed by atoms with Gasteiger partial charge in [-0.15, -0.1) is 6.58 Å². The van der Waals surface area contributed by atoms with Crippen LogP contribution in [0, 0.1) is 0 Å². The van der Waals surface area contributed by atoms with E-state index < -0.39 is 0 Å². The molecule has 0 fully saturated rings. The van der Waals surface area contributed by atoms with Crippen molar-refractivity contribution in [1.82, 2.24) is 0 Å². The Balaban J connectivity index is 2.88. The quantitative estimate of drug-likeness (QED) is 0.238. The number of unbranched alkanes of at least 4 members (excludes halogenated alkanes) is 11. The molecule has 0 saturated heterocycles. The third-order valence-electron chi connectivity index (χ3n) is 3.38. The first-order chi connectivity index (χ1) is 8.91. The molecule has 0 atom stereocenters. The standard InChI is InChI=1S/C17H34S/c1-3-5-6-7-8-9-10-11-12-13-14-15-17-18-16-4-2/h4H,2-3,5-17H2,1H3. The number of hydrogen-bond acceptors (Lipinski definition) is 1. The summed E-state index contributed by atoms with van der Waals surface area (Å²) in [6.07, 6.45) is 19.3. The highest BCUT2D eigenvalue weighted by molar-refractivity contribution is 7.99. The molecule has 108 valence electrons. The molecule has 0 aliphatic carbocycles. The molecule has 0 aromatic rings. The van der Waals surface area contributed by atoms with Gasteiger partial charge in [-0.2, -0.15) is 11.8 Å². The van der Waals surface area contributed by atoms with Crippen LogP contribution >= 0.6 is 11.8 Å². The van der Waals surface area contributed by atoms with Gasteiger partial charge in [-0.3, -0.25) is 0 Å². The lowest BCUT2D eigenvalue weighted by molar-refractivity contribution is 0.548. The Kier molecular flexibility index (Phi) is 17.2. The maximum atomic E-state index is 3.74. The van der Waals surface area contributed by atoms with E-state index in [1.54, 1.807) is 0 Å². The molecule has 0 amide bonds. The van der Waals surface area contributed by atoms with Gasteiger partial charge in [0.15, 0.2) is 0 Å². The molecule has 0 nitrogen and oxygen atoms in total. The molecule has 0 aliphatic heterocycles. The molecule has 0 heterocycles. The molecule has 0 aliphatic rings. The van der Waals surface area contributed by atoms with Gasteiger partial charge in [0.2, 0.25) is 0 Å². The van der Waals surface area contributed by atoms with Crippen molar-refractivity contribution in [1.29, 1.82) is 0 Å². The zero-order valence-electron chi connectivity index (χ0n) is 12.6. The molecule has 0 aromatic carbocycles. The molecular weight excluding hydrogens is 236 g/mol. The highest BCUT2D eigenvalue weighted by atomic mass is 32.2. The second-order valence-corrected chi connectivity index (χ2v) is 6.40. The van der Waals surface area contributed by atoms with Crippen LogP contribution in [0.25, 0.3) is 0 Å². The van der Waals surface area contributed by atoms with Crippen LogP contribution in [-0.2, 0) is 0 Å². The van der Waals surface area contributed by atoms with Crippen LogP contribution in [0.15, 0.2) is 12.7 Å². The number of rotatable bonds is 15. The average molecular weight is 271 g/mol. The number of hydrogen-bond donors (Lipinski definition) is 0. The predicted molar refractivity (Wildman–Crippen MR) is 88.6 cm³/mol. The van der Waals surface area contributed by atoms with Crippen LogP contribution < -0.4 is 0 Å². The van der Waals surface area contributed by atoms with Crippen molar-refractivity contribution < 1.29 is 0 Å². The van der Waals surface area contributed by atoms with Crippen molar-refractivity contribution in [3.05, 3.63) is 12.7 Å². The molecule has 0 N–H and O–H groups in total. The van der Waals surface area contributed by atoms with E-state index in [1.807, 2.05) is 17.8 Å². The Morgan fingerprint density at radius 2 is 1.17 bits per heavy atom. The van der Waals surface area contributed by atoms with E-state index in [2.05, 4.69) is 13.5 Å². The predicted octanol–water partition coefficient (Wildman–Crippen LogP) is 6.61. The van der Waals surface area contributed by atoms with Gasteiger partial charge < -0.3 is 0 Å². The summed E-state index contributed by atoms with van der Waals surface area (Å²) < 4.78 is 0. The van der Waals surface area contributed by atoms with Crippen LogP contribution in [0.1, 0.15) is 84.0 Å². The van der Waals surface area contributed by atoms with Crippen LogP contribution in [0.5, 0.6) is 0 Å². The van der Waals surface area contributed by atoms with Crippen LogP contribution in [-0.4, -0.2) is 11.5 Å². The van der Waals surface area contributed by atoms with Crippen molar-refractivity contribution in [2.24, 2.45) is 0 Å². The Morgan fingerprint density at radius 1 is 0.722 bits per heavy atom. The van der Waals surface area contributed by atoms with Gasteiger partial charge >= 0.3 is 0 Å². The minimum absolute atomic E-state index is 1.12. The van der Waals surface area contributed by atoms with E-state index >= 15 is 0 Å². The van der Waals surface area contributed by atoms with Crippen molar-refractivity contribution in [3.8, 4) is 0 Å². The maximum absolute atomic E-state index is 3.74. The molecule has 0 rings (SSSR count). The van der Waals surface area contributed by atoms with Gasteiger partial charge in [0.25, 0.3) is 0 Å². The topological polar surface area (TPSA) is 0 Å². The zero-order chi connectivity index (χ0) is 13.3. The second-order valence-electron chi connectivity index (χ2n) is 5.25. The monoisotopic (exact) mass is 270 g/mol. The van der Waals surface area contributed by atoms with Crippen LogP contribution in [0.2, 0.25) is 0 Å². The molecule has 0 unspecified atom stereocenters. The summed E-state index contributed by atoms with van der Waals surface area (Å²) in [5.41, 5.74) is 0. The van der Waals surface area contributed by atoms with Crippen molar-refractivity contribution >= 4 is 11.8 Å². The molecular formula is C17H34S. The first-order valence-electron chi connectivity index (χ1n) is 8.10. The molecule has 0 saturated carbocycles. The third kappa shape index (κ3) is 16.1. The molecule has 0 radical (unpaired) electrons. The summed E-state index contributed by atoms with van der Waals surface area (Å²) >= 11 is 2.02. The summed E-state index contributed by atoms with van der Waals surface area (Å²) in [5.74, 6) is 2.45. The molecule has 0 spiro atoms. The first kappa shape index (κ1) is 18.1. The Labute approximate surface area is 120 Å². The Bertz CT molecular complexity index is 154. The van der Waals surface area contributed by atoms with Crippen molar-refractivity contribution in [2.75, 3.05) is 11.5 Å². The Morgan fingerprint density at radius 3 is 1.61 bits per heavy atom. The van der Waals surface area contributed by atoms with Crippen molar-refractivity contribution in [2.45, 2.75) is 84.0 Å². The molecule has 0 bridgehead atoms. The van der Waals surface area contributed by atoms with Crippen molar-refractivity contribution in [3.63, 3.8) is 0 Å². The van der Waals surface area contributed by atoms with E-state index in [0.717, 1.165) is 5.75 Å². The highest BCUT2D eigenvalue weighted by Crippen LogP contribution is 2.13. The summed E-state index contributed by atoms with van der Waals surface area (Å²) in [6.45, 7) is 6.03. The smallest absolute Gasteiger partial charge is 0.0110 e. The van der Waals surface area contributed by atoms with Gasteiger partial charge in [-0.1, -0.05) is 83.6 Å². The van der Waals surface area contributed by atoms with E-state index in [-0.39, 0.29) is 0 Å². The highest BCUT2D eigenvalue weighted by Gasteiger charge is 1.93. The van der Waals surface area contributed by atoms with Crippen LogP contribution in [0.3, 0.4) is 0 Å². The summed E-state index contributed by atoms with van der Waals surface area (Å²) in [4.78, 5) is 0. The number of thioether (sulfide) groups is 1. The summed E-state index contributed by atoms with van der Waals surface area (Å²) in [5, 5.41) is 0. The second kappa shape index (κ2) is 17.1. The van der Waals surface area contributed by atoms with Gasteiger partial charge in [-0.05, 0) is 12.2 Å². The maximum Gasteiger partial charge on any atom is 0.0110 e. The average Bonchev–Trinajstić information content (AvgIpc) is 2.39. The molecule has 0 aromatic heterocycles. The van der Waals surface area contributed by atoms with Crippen LogP contribution in [0.4, 0.5) is 0 Å². The fourth-order valence-electron chi connectivity index (χ4n) is 2.21. The molecule has 18 heavy (non-hydrogen) atoms. The lowest BCUT2D eigenvalue weighted by Crippen LogP contribution is -1.84. The Hall–Kier alpha value is 0.0900. The fourth-order valence-corrected chi connectivity index (χ4v) is 2.95. The van der Waals surface area contributed by atoms with Gasteiger partial charge in [0.1, 0.15) is 0 Å². The summed E-state index contributed by atoms with van der Waals surface area (Å²) in [7, 11) is 0. The van der Waals surface area contributed by atoms with E-state index in [0.29, 0.717) is 0 Å². The lowest BCUT2D eigenvalue weighted by atomic mass is 10.1.